The van der Waals surface area contributed by atoms with E-state index in [0.29, 0.717) is 40.2 Å². The molecule has 0 bridgehead atoms. The largest absolute Gasteiger partial charge is 0.497 e. The van der Waals surface area contributed by atoms with Gasteiger partial charge in [-0.1, -0.05) is 56.4 Å². The van der Waals surface area contributed by atoms with Crippen molar-refractivity contribution in [2.75, 3.05) is 31.6 Å². The first-order valence-electron chi connectivity index (χ1n) is 13.6. The Morgan fingerprint density at radius 3 is 2.49 bits per heavy atom. The predicted molar refractivity (Wildman–Crippen MR) is 162 cm³/mol. The van der Waals surface area contributed by atoms with Crippen molar-refractivity contribution in [2.24, 2.45) is 5.92 Å². The van der Waals surface area contributed by atoms with Crippen molar-refractivity contribution in [1.29, 1.82) is 5.26 Å². The minimum absolute atomic E-state index is 0.138. The minimum Gasteiger partial charge on any atom is -0.497 e. The number of carbonyl (C=O) groups excluding carboxylic acids is 1. The van der Waals surface area contributed by atoms with E-state index in [-0.39, 0.29) is 17.0 Å². The lowest BCUT2D eigenvalue weighted by Crippen LogP contribution is -2.39. The Balaban J connectivity index is 1.71. The van der Waals surface area contributed by atoms with Crippen LogP contribution in [0.3, 0.4) is 0 Å². The Morgan fingerprint density at radius 1 is 1.18 bits per heavy atom. The highest BCUT2D eigenvalue weighted by Gasteiger charge is 2.33. The van der Waals surface area contributed by atoms with Crippen molar-refractivity contribution in [3.8, 4) is 11.8 Å². The molecule has 0 N–H and O–H groups in total. The van der Waals surface area contributed by atoms with Gasteiger partial charge in [-0.3, -0.25) is 19.1 Å². The maximum Gasteiger partial charge on any atom is 0.270 e. The first kappa shape index (κ1) is 28.9. The molecule has 206 valence electrons. The summed E-state index contributed by atoms with van der Waals surface area (Å²) in [7, 11) is 1.63. The van der Waals surface area contributed by atoms with Gasteiger partial charge in [0.05, 0.1) is 12.0 Å². The number of ether oxygens (including phenoxy) is 1. The number of nitrogens with zero attached hydrogens (tertiary/aromatic N) is 4. The third-order valence-corrected chi connectivity index (χ3v) is 8.97. The molecule has 0 spiro atoms. The van der Waals surface area contributed by atoms with Crippen LogP contribution in [-0.4, -0.2) is 46.4 Å². The Kier molecular flexibility index (Phi) is 9.52. The van der Waals surface area contributed by atoms with E-state index in [1.54, 1.807) is 16.6 Å². The lowest BCUT2D eigenvalue weighted by molar-refractivity contribution is -0.122. The van der Waals surface area contributed by atoms with Gasteiger partial charge in [0, 0.05) is 31.7 Å². The number of thiocarbonyl (C=S) groups is 1. The molecule has 1 aromatic heterocycles. The summed E-state index contributed by atoms with van der Waals surface area (Å²) in [4.78, 5) is 31.4. The third kappa shape index (κ3) is 6.23. The average molecular weight is 565 g/mol. The quantitative estimate of drug-likeness (QED) is 0.293. The number of nitriles is 1. The van der Waals surface area contributed by atoms with Crippen molar-refractivity contribution in [2.45, 2.75) is 59.4 Å². The maximum atomic E-state index is 13.5. The number of pyridine rings is 1. The molecule has 9 heteroatoms. The molecule has 7 nitrogen and oxygen atoms in total. The summed E-state index contributed by atoms with van der Waals surface area (Å²) in [6.07, 6.45) is 6.36. The average Bonchev–Trinajstić information content (AvgIpc) is 3.21. The summed E-state index contributed by atoms with van der Waals surface area (Å²) in [5.41, 5.74) is 2.37. The zero-order chi connectivity index (χ0) is 28.1. The number of unbranched alkanes of at least 4 members (excludes halogenated alkanes) is 1. The molecule has 2 fully saturated rings. The number of piperidine rings is 1. The summed E-state index contributed by atoms with van der Waals surface area (Å²) < 4.78 is 7.52. The van der Waals surface area contributed by atoms with Gasteiger partial charge in [-0.25, -0.2) is 0 Å². The van der Waals surface area contributed by atoms with Gasteiger partial charge in [-0.15, -0.1) is 0 Å². The molecule has 2 aliphatic heterocycles. The molecule has 0 radical (unpaired) electrons. The van der Waals surface area contributed by atoms with Gasteiger partial charge in [0.1, 0.15) is 27.5 Å². The molecular formula is C30H36N4O3S2. The van der Waals surface area contributed by atoms with Crippen LogP contribution in [0.1, 0.15) is 61.8 Å². The molecule has 1 aromatic carbocycles. The van der Waals surface area contributed by atoms with Crippen molar-refractivity contribution in [3.63, 3.8) is 0 Å². The zero-order valence-corrected chi connectivity index (χ0v) is 24.8. The number of methoxy groups -OCH3 is 1. The van der Waals surface area contributed by atoms with E-state index in [4.69, 9.17) is 17.0 Å². The van der Waals surface area contributed by atoms with E-state index in [9.17, 15) is 14.9 Å². The van der Waals surface area contributed by atoms with Gasteiger partial charge >= 0.3 is 0 Å². The van der Waals surface area contributed by atoms with E-state index in [1.165, 1.54) is 11.8 Å². The molecule has 3 heterocycles. The van der Waals surface area contributed by atoms with E-state index in [0.717, 1.165) is 61.5 Å². The fourth-order valence-corrected chi connectivity index (χ4v) is 6.38. The molecule has 2 aromatic rings. The number of carbonyl (C=O) groups is 1. The SMILES string of the molecule is CCCCn1c(N2CCC(C)CC2)c(C=C2SC(=S)N(CCc3ccc(OC)cc3)C2=O)c(C)c(C#N)c1=O. The number of hydrogen-bond donors (Lipinski definition) is 0. The van der Waals surface area contributed by atoms with Crippen molar-refractivity contribution in [3.05, 3.63) is 61.8 Å². The molecule has 0 aliphatic carbocycles. The first-order chi connectivity index (χ1) is 18.8. The summed E-state index contributed by atoms with van der Waals surface area (Å²) in [5.74, 6) is 2.10. The number of benzene rings is 1. The molecule has 0 unspecified atom stereocenters. The molecule has 0 atom stereocenters. The van der Waals surface area contributed by atoms with Crippen LogP contribution in [0.4, 0.5) is 5.82 Å². The molecular weight excluding hydrogens is 528 g/mol. The van der Waals surface area contributed by atoms with Gasteiger partial charge in [0.25, 0.3) is 11.5 Å². The standard InChI is InChI=1S/C30H36N4O3S2/c1-5-6-14-33-27(32-15-11-20(2)12-16-32)24(21(3)25(19-31)28(33)35)18-26-29(36)34(30(38)39-26)17-13-22-7-9-23(37-4)10-8-22/h7-10,18,20H,5-6,11-17H2,1-4H3. The topological polar surface area (TPSA) is 78.6 Å². The van der Waals surface area contributed by atoms with Gasteiger partial charge in [0.2, 0.25) is 0 Å². The third-order valence-electron chi connectivity index (χ3n) is 7.60. The number of rotatable bonds is 9. The lowest BCUT2D eigenvalue weighted by Gasteiger charge is -2.35. The van der Waals surface area contributed by atoms with Crippen LogP contribution in [0, 0.1) is 24.2 Å². The summed E-state index contributed by atoms with van der Waals surface area (Å²) in [6, 6.07) is 9.94. The molecule has 2 saturated heterocycles. The van der Waals surface area contributed by atoms with Crippen molar-refractivity contribution < 1.29 is 9.53 Å². The Labute approximate surface area is 240 Å². The number of anilines is 1. The van der Waals surface area contributed by atoms with E-state index in [2.05, 4.69) is 24.8 Å². The molecule has 39 heavy (non-hydrogen) atoms. The molecule has 0 saturated carbocycles. The highest BCUT2D eigenvalue weighted by atomic mass is 32.2. The van der Waals surface area contributed by atoms with Crippen LogP contribution in [0.5, 0.6) is 5.75 Å². The molecule has 4 rings (SSSR count). The van der Waals surface area contributed by atoms with Crippen LogP contribution >= 0.6 is 24.0 Å². The summed E-state index contributed by atoms with van der Waals surface area (Å²) in [6.45, 7) is 8.84. The van der Waals surface area contributed by atoms with Gasteiger partial charge in [-0.2, -0.15) is 5.26 Å². The minimum atomic E-state index is -0.249. The van der Waals surface area contributed by atoms with Crippen LogP contribution in [0.25, 0.3) is 6.08 Å². The van der Waals surface area contributed by atoms with E-state index in [1.807, 2.05) is 37.3 Å². The van der Waals surface area contributed by atoms with Crippen LogP contribution in [0.2, 0.25) is 0 Å². The Morgan fingerprint density at radius 2 is 1.87 bits per heavy atom. The Bertz CT molecular complexity index is 1370. The predicted octanol–water partition coefficient (Wildman–Crippen LogP) is 5.52. The fourth-order valence-electron chi connectivity index (χ4n) is 5.09. The molecule has 2 aliphatic rings. The Hall–Kier alpha value is -3.09. The number of thioether (sulfide) groups is 1. The van der Waals surface area contributed by atoms with Crippen molar-refractivity contribution in [1.82, 2.24) is 9.47 Å². The van der Waals surface area contributed by atoms with Crippen LogP contribution in [-0.2, 0) is 17.8 Å². The lowest BCUT2D eigenvalue weighted by atomic mass is 9.97. The van der Waals surface area contributed by atoms with Crippen LogP contribution < -0.4 is 15.2 Å². The summed E-state index contributed by atoms with van der Waals surface area (Å²) >= 11 is 6.90. The second kappa shape index (κ2) is 12.8. The van der Waals surface area contributed by atoms with Crippen molar-refractivity contribution >= 4 is 46.1 Å². The van der Waals surface area contributed by atoms with E-state index >= 15 is 0 Å². The number of hydrogen-bond acceptors (Lipinski definition) is 7. The highest BCUT2D eigenvalue weighted by Crippen LogP contribution is 2.37. The summed E-state index contributed by atoms with van der Waals surface area (Å²) in [5, 5.41) is 9.91. The maximum absolute atomic E-state index is 13.5. The van der Waals surface area contributed by atoms with Gasteiger partial charge in [-0.05, 0) is 67.9 Å². The van der Waals surface area contributed by atoms with Gasteiger partial charge < -0.3 is 9.64 Å². The smallest absolute Gasteiger partial charge is 0.270 e. The highest BCUT2D eigenvalue weighted by molar-refractivity contribution is 8.26. The zero-order valence-electron chi connectivity index (χ0n) is 23.2. The monoisotopic (exact) mass is 564 g/mol. The number of amides is 1. The van der Waals surface area contributed by atoms with Gasteiger partial charge in [0.15, 0.2) is 0 Å². The normalized spacial score (nSPS) is 17.3. The molecule has 1 amide bonds. The van der Waals surface area contributed by atoms with E-state index < -0.39 is 0 Å². The second-order valence-electron chi connectivity index (χ2n) is 10.3. The first-order valence-corrected chi connectivity index (χ1v) is 14.8. The van der Waals surface area contributed by atoms with Crippen LogP contribution in [0.15, 0.2) is 34.0 Å². The second-order valence-corrected chi connectivity index (χ2v) is 11.9. The fraction of sp³-hybridized carbons (Fsp3) is 0.467. The number of aromatic nitrogens is 1.